The highest BCUT2D eigenvalue weighted by molar-refractivity contribution is 7.55. The molecule has 1 heterocycles. The lowest BCUT2D eigenvalue weighted by Crippen LogP contribution is -2.30. The van der Waals surface area contributed by atoms with Crippen LogP contribution in [0.4, 0.5) is 0 Å². The van der Waals surface area contributed by atoms with Gasteiger partial charge in [0.15, 0.2) is 0 Å². The Hall–Kier alpha value is -1.16. The van der Waals surface area contributed by atoms with Crippen LogP contribution in [-0.2, 0) is 18.4 Å². The maximum atomic E-state index is 12.9. The number of amides is 1. The lowest BCUT2D eigenvalue weighted by Gasteiger charge is -2.22. The van der Waals surface area contributed by atoms with Crippen LogP contribution in [0.5, 0.6) is 0 Å². The Morgan fingerprint density at radius 3 is 2.10 bits per heavy atom. The van der Waals surface area contributed by atoms with Gasteiger partial charge in [0.2, 0.25) is 5.91 Å². The van der Waals surface area contributed by atoms with Crippen molar-refractivity contribution in [3.8, 4) is 0 Å². The SMILES string of the molecule is CCOP(=O)(OCC)C1CCN(C/C=C(\C)CC/C=C(\C)CCC=C(C)C)C1=O. The average molecular weight is 426 g/mol. The van der Waals surface area contributed by atoms with Crippen molar-refractivity contribution >= 4 is 13.5 Å². The smallest absolute Gasteiger partial charge is 0.338 e. The highest BCUT2D eigenvalue weighted by Crippen LogP contribution is 2.56. The van der Waals surface area contributed by atoms with Gasteiger partial charge in [-0.1, -0.05) is 34.9 Å². The van der Waals surface area contributed by atoms with Crippen LogP contribution in [0.15, 0.2) is 34.9 Å². The fourth-order valence-corrected chi connectivity index (χ4v) is 5.40. The van der Waals surface area contributed by atoms with E-state index in [1.54, 1.807) is 18.7 Å². The number of carbonyl (C=O) groups excluding carboxylic acids is 1. The van der Waals surface area contributed by atoms with E-state index in [1.165, 1.54) is 16.7 Å². The summed E-state index contributed by atoms with van der Waals surface area (Å²) < 4.78 is 23.7. The summed E-state index contributed by atoms with van der Waals surface area (Å²) in [4.78, 5) is 14.5. The molecular weight excluding hydrogens is 385 g/mol. The second-order valence-corrected chi connectivity index (χ2v) is 10.1. The minimum atomic E-state index is -3.38. The summed E-state index contributed by atoms with van der Waals surface area (Å²) in [6.07, 6.45) is 11.4. The molecule has 0 aromatic carbocycles. The molecule has 0 radical (unpaired) electrons. The van der Waals surface area contributed by atoms with Crippen molar-refractivity contribution in [2.24, 2.45) is 0 Å². The van der Waals surface area contributed by atoms with Crippen molar-refractivity contribution in [1.82, 2.24) is 4.90 Å². The lowest BCUT2D eigenvalue weighted by atomic mass is 10.1. The van der Waals surface area contributed by atoms with Gasteiger partial charge in [0.25, 0.3) is 0 Å². The molecule has 1 unspecified atom stereocenters. The zero-order valence-corrected chi connectivity index (χ0v) is 20.1. The van der Waals surface area contributed by atoms with Gasteiger partial charge in [0, 0.05) is 13.1 Å². The van der Waals surface area contributed by atoms with Gasteiger partial charge in [0.1, 0.15) is 5.66 Å². The summed E-state index contributed by atoms with van der Waals surface area (Å²) in [5, 5.41) is 0. The standard InChI is InChI=1S/C23H40NO4P/c1-7-27-29(26,28-8-2)22-16-18-24(23(22)25)17-15-21(6)14-10-13-20(5)12-9-11-19(3)4/h11,13,15,22H,7-10,12,14,16-18H2,1-6H3/b20-13+,21-15+. The molecule has 0 bridgehead atoms. The van der Waals surface area contributed by atoms with Crippen LogP contribution >= 0.6 is 7.60 Å². The minimum absolute atomic E-state index is 0.116. The van der Waals surface area contributed by atoms with E-state index in [9.17, 15) is 9.36 Å². The summed E-state index contributed by atoms with van der Waals surface area (Å²) >= 11 is 0. The molecule has 29 heavy (non-hydrogen) atoms. The summed E-state index contributed by atoms with van der Waals surface area (Å²) in [7, 11) is -3.38. The van der Waals surface area contributed by atoms with E-state index in [2.05, 4.69) is 45.9 Å². The molecule has 6 heteroatoms. The molecular formula is C23H40NO4P. The van der Waals surface area contributed by atoms with E-state index in [0.29, 0.717) is 19.5 Å². The molecule has 1 aliphatic heterocycles. The van der Waals surface area contributed by atoms with Crippen LogP contribution in [0.2, 0.25) is 0 Å². The van der Waals surface area contributed by atoms with Crippen LogP contribution in [-0.4, -0.2) is 42.8 Å². The number of rotatable bonds is 13. The van der Waals surface area contributed by atoms with Crippen molar-refractivity contribution in [3.05, 3.63) is 34.9 Å². The predicted molar refractivity (Wildman–Crippen MR) is 121 cm³/mol. The second-order valence-electron chi connectivity index (χ2n) is 7.92. The van der Waals surface area contributed by atoms with Crippen molar-refractivity contribution in [1.29, 1.82) is 0 Å². The Morgan fingerprint density at radius 2 is 1.55 bits per heavy atom. The topological polar surface area (TPSA) is 55.8 Å². The van der Waals surface area contributed by atoms with Crippen molar-refractivity contribution < 1.29 is 18.4 Å². The van der Waals surface area contributed by atoms with Gasteiger partial charge in [-0.05, 0) is 73.6 Å². The van der Waals surface area contributed by atoms with Gasteiger partial charge in [-0.15, -0.1) is 0 Å². The Kier molecular flexibility index (Phi) is 11.8. The average Bonchev–Trinajstić information content (AvgIpc) is 3.01. The Bertz CT molecular complexity index is 652. The van der Waals surface area contributed by atoms with Crippen LogP contribution < -0.4 is 0 Å². The Balaban J connectivity index is 2.51. The van der Waals surface area contributed by atoms with Crippen LogP contribution in [0.1, 0.15) is 73.6 Å². The number of likely N-dealkylation sites (tertiary alicyclic amines) is 1. The predicted octanol–water partition coefficient (Wildman–Crippen LogP) is 6.27. The zero-order valence-electron chi connectivity index (χ0n) is 19.2. The van der Waals surface area contributed by atoms with Crippen LogP contribution in [0.25, 0.3) is 0 Å². The molecule has 1 amide bonds. The molecule has 0 N–H and O–H groups in total. The van der Waals surface area contributed by atoms with Gasteiger partial charge < -0.3 is 13.9 Å². The third-order valence-electron chi connectivity index (χ3n) is 5.05. The third kappa shape index (κ3) is 9.02. The zero-order chi connectivity index (χ0) is 21.9. The molecule has 0 aromatic rings. The summed E-state index contributed by atoms with van der Waals surface area (Å²) in [6.45, 7) is 13.8. The summed E-state index contributed by atoms with van der Waals surface area (Å²) in [5.74, 6) is -0.116. The van der Waals surface area contributed by atoms with E-state index in [-0.39, 0.29) is 19.1 Å². The van der Waals surface area contributed by atoms with Crippen LogP contribution in [0, 0.1) is 0 Å². The molecule has 0 aromatic heterocycles. The first-order valence-electron chi connectivity index (χ1n) is 10.9. The van der Waals surface area contributed by atoms with Crippen molar-refractivity contribution in [2.75, 3.05) is 26.3 Å². The Labute approximate surface area is 177 Å². The Morgan fingerprint density at radius 1 is 1.00 bits per heavy atom. The fourth-order valence-electron chi connectivity index (χ4n) is 3.38. The molecule has 0 saturated carbocycles. The van der Waals surface area contributed by atoms with Gasteiger partial charge in [-0.3, -0.25) is 9.36 Å². The normalized spacial score (nSPS) is 18.5. The van der Waals surface area contributed by atoms with E-state index >= 15 is 0 Å². The highest BCUT2D eigenvalue weighted by atomic mass is 31.2. The number of carbonyl (C=O) groups is 1. The first kappa shape index (κ1) is 25.9. The molecule has 5 nitrogen and oxygen atoms in total. The van der Waals surface area contributed by atoms with Gasteiger partial charge in [-0.25, -0.2) is 0 Å². The minimum Gasteiger partial charge on any atom is -0.338 e. The molecule has 1 saturated heterocycles. The molecule has 0 aliphatic carbocycles. The fraction of sp³-hybridized carbons (Fsp3) is 0.696. The maximum absolute atomic E-state index is 12.9. The molecule has 1 rings (SSSR count). The molecule has 1 aliphatic rings. The van der Waals surface area contributed by atoms with Gasteiger partial charge in [-0.2, -0.15) is 0 Å². The van der Waals surface area contributed by atoms with E-state index < -0.39 is 13.3 Å². The van der Waals surface area contributed by atoms with Crippen molar-refractivity contribution in [3.63, 3.8) is 0 Å². The molecule has 1 fully saturated rings. The first-order valence-corrected chi connectivity index (χ1v) is 12.5. The second kappa shape index (κ2) is 13.2. The van der Waals surface area contributed by atoms with Gasteiger partial charge >= 0.3 is 7.60 Å². The monoisotopic (exact) mass is 425 g/mol. The lowest BCUT2D eigenvalue weighted by molar-refractivity contribution is -0.127. The van der Waals surface area contributed by atoms with Crippen molar-refractivity contribution in [2.45, 2.75) is 79.3 Å². The number of hydrogen-bond acceptors (Lipinski definition) is 4. The summed E-state index contributed by atoms with van der Waals surface area (Å²) in [6, 6.07) is 0. The highest BCUT2D eigenvalue weighted by Gasteiger charge is 2.46. The van der Waals surface area contributed by atoms with E-state index in [0.717, 1.165) is 25.7 Å². The number of allylic oxidation sites excluding steroid dienone is 5. The molecule has 0 spiro atoms. The van der Waals surface area contributed by atoms with E-state index in [1.807, 2.05) is 0 Å². The third-order valence-corrected chi connectivity index (χ3v) is 7.53. The summed E-state index contributed by atoms with van der Waals surface area (Å²) in [5.41, 5.74) is 3.40. The maximum Gasteiger partial charge on any atom is 0.343 e. The largest absolute Gasteiger partial charge is 0.343 e. The van der Waals surface area contributed by atoms with E-state index in [4.69, 9.17) is 9.05 Å². The number of hydrogen-bond donors (Lipinski definition) is 0. The quantitative estimate of drug-likeness (QED) is 0.258. The molecule has 1 atom stereocenters. The molecule has 166 valence electrons. The number of nitrogens with zero attached hydrogens (tertiary/aromatic N) is 1. The van der Waals surface area contributed by atoms with Gasteiger partial charge in [0.05, 0.1) is 13.2 Å². The first-order chi connectivity index (χ1) is 13.7. The van der Waals surface area contributed by atoms with Crippen LogP contribution in [0.3, 0.4) is 0 Å².